The normalized spacial score (nSPS) is 12.7. The Kier molecular flexibility index (Phi) is 8.99. The predicted octanol–water partition coefficient (Wildman–Crippen LogP) is 6.75. The van der Waals surface area contributed by atoms with E-state index in [1.807, 2.05) is 0 Å². The molecule has 0 aliphatic rings. The van der Waals surface area contributed by atoms with E-state index in [0.29, 0.717) is 10.0 Å². The number of nitrogens with zero attached hydrogens (tertiary/aromatic N) is 3. The average Bonchev–Trinajstić information content (AvgIpc) is 3.34. The Hall–Kier alpha value is -4.21. The second-order valence-corrected chi connectivity index (χ2v) is 12.4. The molecule has 8 nitrogen and oxygen atoms in total. The lowest BCUT2D eigenvalue weighted by Crippen LogP contribution is -2.37. The van der Waals surface area contributed by atoms with Crippen molar-refractivity contribution in [2.75, 3.05) is 13.7 Å². The largest absolute Gasteiger partial charge is 0.466 e. The van der Waals surface area contributed by atoms with Crippen molar-refractivity contribution in [2.45, 2.75) is 51.0 Å². The van der Waals surface area contributed by atoms with Crippen LogP contribution in [0.4, 0.5) is 18.9 Å². The van der Waals surface area contributed by atoms with Crippen LogP contribution in [-0.4, -0.2) is 42.7 Å². The number of benzene rings is 2. The number of carbonyl (C=O) groups is 1. The summed E-state index contributed by atoms with van der Waals surface area (Å²) in [4.78, 5) is 20.0. The van der Waals surface area contributed by atoms with E-state index in [9.17, 15) is 17.6 Å². The standard InChI is InChI=1S/C31H30F3N3O5S/c1-7-42-28(38)13-19(31(3,4)41-6)12-26-24(33)16-27(35-5)29(36-26)23-17-37(30-22(23)14-20(32)15-25(30)34)43(39,40)21-10-8-18(2)9-11-21/h8-11,14-17,19H,7,12-13H2,1-4,6H3. The molecule has 0 fully saturated rings. The number of carbonyl (C=O) groups excluding carboxylic acids is 1. The lowest BCUT2D eigenvalue weighted by molar-refractivity contribution is -0.147. The molecule has 226 valence electrons. The van der Waals surface area contributed by atoms with Crippen LogP contribution in [0.5, 0.6) is 0 Å². The topological polar surface area (TPSA) is 91.8 Å². The number of methoxy groups -OCH3 is 1. The third kappa shape index (κ3) is 6.28. The quantitative estimate of drug-likeness (QED) is 0.145. The van der Waals surface area contributed by atoms with Crippen LogP contribution < -0.4 is 0 Å². The Bertz CT molecular complexity index is 1850. The number of pyridine rings is 1. The number of fused-ring (bicyclic) bond motifs is 1. The molecule has 2 aromatic heterocycles. The number of rotatable bonds is 10. The van der Waals surface area contributed by atoms with Gasteiger partial charge in [-0.15, -0.1) is 0 Å². The van der Waals surface area contributed by atoms with Gasteiger partial charge in [0.25, 0.3) is 10.0 Å². The molecule has 1 unspecified atom stereocenters. The van der Waals surface area contributed by atoms with Gasteiger partial charge in [0.2, 0.25) is 5.69 Å². The Morgan fingerprint density at radius 3 is 2.40 bits per heavy atom. The van der Waals surface area contributed by atoms with Crippen LogP contribution in [0.3, 0.4) is 0 Å². The third-order valence-electron chi connectivity index (χ3n) is 7.43. The van der Waals surface area contributed by atoms with Gasteiger partial charge in [-0.25, -0.2) is 30.4 Å². The van der Waals surface area contributed by atoms with E-state index in [1.165, 1.54) is 19.2 Å². The van der Waals surface area contributed by atoms with Gasteiger partial charge in [0.1, 0.15) is 17.2 Å². The number of hydrogen-bond acceptors (Lipinski definition) is 6. The van der Waals surface area contributed by atoms with Crippen LogP contribution in [0.15, 0.2) is 53.6 Å². The highest BCUT2D eigenvalue weighted by Gasteiger charge is 2.34. The van der Waals surface area contributed by atoms with E-state index in [2.05, 4.69) is 9.83 Å². The van der Waals surface area contributed by atoms with Crippen LogP contribution in [0.1, 0.15) is 38.4 Å². The second-order valence-electron chi connectivity index (χ2n) is 10.6. The molecule has 2 heterocycles. The van der Waals surface area contributed by atoms with Gasteiger partial charge in [0, 0.05) is 36.2 Å². The zero-order valence-electron chi connectivity index (χ0n) is 24.2. The molecule has 2 aromatic carbocycles. The fourth-order valence-corrected chi connectivity index (χ4v) is 6.15. The molecule has 0 saturated heterocycles. The van der Waals surface area contributed by atoms with Crippen molar-refractivity contribution in [2.24, 2.45) is 5.92 Å². The van der Waals surface area contributed by atoms with Crippen molar-refractivity contribution in [3.8, 4) is 11.3 Å². The summed E-state index contributed by atoms with van der Waals surface area (Å²) in [5.74, 6) is -4.13. The second kappa shape index (κ2) is 12.2. The number of halogens is 3. The van der Waals surface area contributed by atoms with Crippen molar-refractivity contribution in [1.82, 2.24) is 8.96 Å². The third-order valence-corrected chi connectivity index (χ3v) is 9.11. The summed E-state index contributed by atoms with van der Waals surface area (Å²) in [5, 5.41) is -0.177. The highest BCUT2D eigenvalue weighted by molar-refractivity contribution is 7.90. The van der Waals surface area contributed by atoms with Crippen molar-refractivity contribution >= 4 is 32.6 Å². The first-order valence-corrected chi connectivity index (χ1v) is 14.8. The van der Waals surface area contributed by atoms with Gasteiger partial charge in [-0.05, 0) is 58.4 Å². The van der Waals surface area contributed by atoms with Crippen LogP contribution in [0.2, 0.25) is 0 Å². The van der Waals surface area contributed by atoms with Gasteiger partial charge < -0.3 is 9.47 Å². The molecule has 4 aromatic rings. The first-order valence-electron chi connectivity index (χ1n) is 13.3. The summed E-state index contributed by atoms with van der Waals surface area (Å²) < 4.78 is 83.8. The molecule has 0 radical (unpaired) electrons. The zero-order chi connectivity index (χ0) is 31.7. The van der Waals surface area contributed by atoms with Crippen molar-refractivity contribution in [3.05, 3.63) is 88.8 Å². The van der Waals surface area contributed by atoms with Gasteiger partial charge in [-0.3, -0.25) is 9.78 Å². The van der Waals surface area contributed by atoms with Crippen LogP contribution in [0, 0.1) is 36.9 Å². The van der Waals surface area contributed by atoms with Crippen LogP contribution in [-0.2, 0) is 30.7 Å². The monoisotopic (exact) mass is 613 g/mol. The Morgan fingerprint density at radius 2 is 1.79 bits per heavy atom. The minimum absolute atomic E-state index is 0.0933. The molecule has 0 aliphatic carbocycles. The molecule has 0 spiro atoms. The highest BCUT2D eigenvalue weighted by atomic mass is 32.2. The number of aromatic nitrogens is 2. The maximum absolute atomic E-state index is 15.4. The molecule has 0 amide bonds. The molecule has 0 saturated carbocycles. The number of esters is 1. The molecule has 1 atom stereocenters. The number of hydrogen-bond donors (Lipinski definition) is 0. The first kappa shape index (κ1) is 31.7. The molecule has 43 heavy (non-hydrogen) atoms. The summed E-state index contributed by atoms with van der Waals surface area (Å²) in [5.41, 5.74) is -1.31. The van der Waals surface area contributed by atoms with Gasteiger partial charge >= 0.3 is 5.97 Å². The summed E-state index contributed by atoms with van der Waals surface area (Å²) in [6, 6.07) is 8.29. The number of aryl methyl sites for hydroxylation is 1. The van der Waals surface area contributed by atoms with E-state index in [1.54, 1.807) is 39.8 Å². The number of ether oxygens (including phenoxy) is 2. The zero-order valence-corrected chi connectivity index (χ0v) is 25.1. The molecule has 0 N–H and O–H groups in total. The molecular weight excluding hydrogens is 583 g/mol. The van der Waals surface area contributed by atoms with E-state index < -0.39 is 50.5 Å². The summed E-state index contributed by atoms with van der Waals surface area (Å²) in [6.45, 7) is 14.7. The minimum Gasteiger partial charge on any atom is -0.466 e. The average molecular weight is 614 g/mol. The Labute approximate surface area is 247 Å². The molecule has 0 aliphatic heterocycles. The predicted molar refractivity (Wildman–Crippen MR) is 155 cm³/mol. The van der Waals surface area contributed by atoms with Crippen LogP contribution >= 0.6 is 0 Å². The molecule has 4 rings (SSSR count). The highest BCUT2D eigenvalue weighted by Crippen LogP contribution is 2.40. The van der Waals surface area contributed by atoms with E-state index in [4.69, 9.17) is 16.0 Å². The maximum Gasteiger partial charge on any atom is 0.306 e. The van der Waals surface area contributed by atoms with E-state index in [0.717, 1.165) is 23.9 Å². The first-order chi connectivity index (χ1) is 20.2. The molecule has 0 bridgehead atoms. The maximum atomic E-state index is 15.4. The van der Waals surface area contributed by atoms with Gasteiger partial charge in [-0.2, -0.15) is 0 Å². The van der Waals surface area contributed by atoms with Crippen molar-refractivity contribution < 1.29 is 35.9 Å². The lowest BCUT2D eigenvalue weighted by Gasteiger charge is -2.32. The Balaban J connectivity index is 1.95. The summed E-state index contributed by atoms with van der Waals surface area (Å²) in [6.07, 6.45) is 0.802. The lowest BCUT2D eigenvalue weighted by atomic mass is 9.83. The van der Waals surface area contributed by atoms with Gasteiger partial charge in [0.05, 0.1) is 41.5 Å². The minimum atomic E-state index is -4.40. The Morgan fingerprint density at radius 1 is 1.12 bits per heavy atom. The fourth-order valence-electron chi connectivity index (χ4n) is 4.78. The summed E-state index contributed by atoms with van der Waals surface area (Å²) in [7, 11) is -2.95. The van der Waals surface area contributed by atoms with Crippen molar-refractivity contribution in [1.29, 1.82) is 0 Å². The summed E-state index contributed by atoms with van der Waals surface area (Å²) >= 11 is 0. The SMILES string of the molecule is [C-]#[N+]c1cc(F)c(CC(CC(=O)OCC)C(C)(C)OC)nc1-c1cn(S(=O)(=O)c2ccc(C)cc2)c2c(F)cc(F)cc12. The molecular formula is C31H30F3N3O5S. The van der Waals surface area contributed by atoms with E-state index >= 15 is 8.78 Å². The van der Waals surface area contributed by atoms with Gasteiger partial charge in [-0.1, -0.05) is 17.7 Å². The van der Waals surface area contributed by atoms with E-state index in [-0.39, 0.29) is 52.4 Å². The van der Waals surface area contributed by atoms with Crippen LogP contribution in [0.25, 0.3) is 27.0 Å². The molecule has 12 heteroatoms. The fraction of sp³-hybridized carbons (Fsp3) is 0.323. The smallest absolute Gasteiger partial charge is 0.306 e. The van der Waals surface area contributed by atoms with Crippen molar-refractivity contribution in [3.63, 3.8) is 0 Å². The van der Waals surface area contributed by atoms with Gasteiger partial charge in [0.15, 0.2) is 5.82 Å².